The molecule has 0 aliphatic rings. The fraction of sp³-hybridized carbons (Fsp3) is 0.231. The minimum atomic E-state index is -0.488. The van der Waals surface area contributed by atoms with E-state index < -0.39 is 5.97 Å². The summed E-state index contributed by atoms with van der Waals surface area (Å²) in [7, 11) is 1.82. The van der Waals surface area contributed by atoms with Gasteiger partial charge in [-0.05, 0) is 6.92 Å². The van der Waals surface area contributed by atoms with Gasteiger partial charge in [0.25, 0.3) is 0 Å². The van der Waals surface area contributed by atoms with Crippen molar-refractivity contribution in [3.63, 3.8) is 0 Å². The quantitative estimate of drug-likeness (QED) is 0.718. The number of carbonyl (C=O) groups excluding carboxylic acids is 1. The number of aryl methyl sites for hydroxylation is 1. The van der Waals surface area contributed by atoms with E-state index in [1.807, 2.05) is 13.2 Å². The maximum Gasteiger partial charge on any atom is 0.358 e. The number of ether oxygens (including phenoxy) is 1. The van der Waals surface area contributed by atoms with Crippen LogP contribution >= 0.6 is 0 Å². The van der Waals surface area contributed by atoms with Gasteiger partial charge >= 0.3 is 5.97 Å². The number of carbonyl (C=O) groups is 1. The summed E-state index contributed by atoms with van der Waals surface area (Å²) >= 11 is 0. The number of imidazole rings is 1. The zero-order valence-electron chi connectivity index (χ0n) is 11.6. The SMILES string of the molecule is CCOC(=O)c1cn2c(-c3cnn(C)c3)cnc(N)c2n1. The van der Waals surface area contributed by atoms with Crippen LogP contribution < -0.4 is 5.73 Å². The molecule has 3 heterocycles. The van der Waals surface area contributed by atoms with Gasteiger partial charge in [-0.25, -0.2) is 14.8 Å². The maximum atomic E-state index is 11.8. The Hall–Kier alpha value is -2.90. The number of rotatable bonds is 3. The highest BCUT2D eigenvalue weighted by Crippen LogP contribution is 2.22. The van der Waals surface area contributed by atoms with E-state index in [0.29, 0.717) is 5.65 Å². The summed E-state index contributed by atoms with van der Waals surface area (Å²) in [6.07, 6.45) is 6.76. The molecule has 3 rings (SSSR count). The van der Waals surface area contributed by atoms with Crippen molar-refractivity contribution in [2.45, 2.75) is 6.92 Å². The number of nitrogens with zero attached hydrogens (tertiary/aromatic N) is 5. The first kappa shape index (κ1) is 13.1. The molecule has 0 bridgehead atoms. The van der Waals surface area contributed by atoms with E-state index in [1.165, 1.54) is 0 Å². The number of anilines is 1. The van der Waals surface area contributed by atoms with Gasteiger partial charge in [-0.2, -0.15) is 5.10 Å². The van der Waals surface area contributed by atoms with Gasteiger partial charge in [0.2, 0.25) is 0 Å². The number of hydrogen-bond acceptors (Lipinski definition) is 6. The van der Waals surface area contributed by atoms with Gasteiger partial charge in [0.05, 0.1) is 24.7 Å². The lowest BCUT2D eigenvalue weighted by molar-refractivity contribution is 0.0520. The van der Waals surface area contributed by atoms with Crippen LogP contribution in [0.15, 0.2) is 24.8 Å². The lowest BCUT2D eigenvalue weighted by atomic mass is 10.2. The Bertz CT molecular complexity index is 819. The van der Waals surface area contributed by atoms with E-state index in [2.05, 4.69) is 15.1 Å². The summed E-state index contributed by atoms with van der Waals surface area (Å²) in [4.78, 5) is 20.1. The normalized spacial score (nSPS) is 11.0. The Balaban J connectivity index is 2.18. The number of nitrogens with two attached hydrogens (primary N) is 1. The molecule has 8 nitrogen and oxygen atoms in total. The largest absolute Gasteiger partial charge is 0.461 e. The molecule has 3 aromatic rings. The lowest BCUT2D eigenvalue weighted by Gasteiger charge is -2.03. The topological polar surface area (TPSA) is 100 Å². The molecule has 0 atom stereocenters. The number of hydrogen-bond donors (Lipinski definition) is 1. The summed E-state index contributed by atoms with van der Waals surface area (Å²) in [6.45, 7) is 2.03. The first-order valence-corrected chi connectivity index (χ1v) is 6.40. The smallest absolute Gasteiger partial charge is 0.358 e. The van der Waals surface area contributed by atoms with E-state index >= 15 is 0 Å². The Morgan fingerprint density at radius 3 is 2.86 bits per heavy atom. The minimum absolute atomic E-state index is 0.196. The average Bonchev–Trinajstić information content (AvgIpc) is 3.07. The molecule has 0 radical (unpaired) electrons. The van der Waals surface area contributed by atoms with Crippen LogP contribution in [0.5, 0.6) is 0 Å². The predicted octanol–water partition coefficient (Wildman–Crippen LogP) is 0.889. The van der Waals surface area contributed by atoms with Crippen molar-refractivity contribution in [3.05, 3.63) is 30.5 Å². The van der Waals surface area contributed by atoms with Crippen molar-refractivity contribution in [2.24, 2.45) is 7.05 Å². The van der Waals surface area contributed by atoms with Crippen LogP contribution in [0.25, 0.3) is 16.9 Å². The van der Waals surface area contributed by atoms with Gasteiger partial charge < -0.3 is 10.5 Å². The van der Waals surface area contributed by atoms with Crippen molar-refractivity contribution in [3.8, 4) is 11.3 Å². The van der Waals surface area contributed by atoms with Crippen molar-refractivity contribution in [1.82, 2.24) is 24.1 Å². The zero-order chi connectivity index (χ0) is 15.0. The Kier molecular flexibility index (Phi) is 3.05. The third-order valence-electron chi connectivity index (χ3n) is 3.01. The van der Waals surface area contributed by atoms with Gasteiger partial charge in [-0.3, -0.25) is 9.08 Å². The molecular formula is C13H14N6O2. The number of nitrogen functional groups attached to an aromatic ring is 1. The third-order valence-corrected chi connectivity index (χ3v) is 3.01. The van der Waals surface area contributed by atoms with Crippen LogP contribution in [-0.4, -0.2) is 36.7 Å². The Morgan fingerprint density at radius 1 is 1.38 bits per heavy atom. The van der Waals surface area contributed by atoms with Crippen molar-refractivity contribution < 1.29 is 9.53 Å². The molecule has 0 aliphatic carbocycles. The van der Waals surface area contributed by atoms with Gasteiger partial charge in [-0.15, -0.1) is 0 Å². The minimum Gasteiger partial charge on any atom is -0.461 e. The third kappa shape index (κ3) is 2.20. The van der Waals surface area contributed by atoms with Crippen LogP contribution in [0.1, 0.15) is 17.4 Å². The second-order valence-electron chi connectivity index (χ2n) is 4.47. The molecule has 8 heteroatoms. The maximum absolute atomic E-state index is 11.8. The second kappa shape index (κ2) is 4.89. The van der Waals surface area contributed by atoms with E-state index in [4.69, 9.17) is 10.5 Å². The lowest BCUT2D eigenvalue weighted by Crippen LogP contribution is -2.04. The van der Waals surface area contributed by atoms with Crippen molar-refractivity contribution in [2.75, 3.05) is 12.3 Å². The summed E-state index contributed by atoms with van der Waals surface area (Å²) in [6, 6.07) is 0. The highest BCUT2D eigenvalue weighted by Gasteiger charge is 2.16. The van der Waals surface area contributed by atoms with Crippen LogP contribution in [0, 0.1) is 0 Å². The monoisotopic (exact) mass is 286 g/mol. The molecule has 0 unspecified atom stereocenters. The van der Waals surface area contributed by atoms with E-state index in [-0.39, 0.29) is 18.1 Å². The first-order chi connectivity index (χ1) is 10.1. The fourth-order valence-corrected chi connectivity index (χ4v) is 2.07. The molecule has 0 aliphatic heterocycles. The molecule has 0 fully saturated rings. The van der Waals surface area contributed by atoms with E-state index in [9.17, 15) is 4.79 Å². The molecule has 2 N–H and O–H groups in total. The molecule has 0 saturated heterocycles. The van der Waals surface area contributed by atoms with E-state index in [1.54, 1.807) is 34.6 Å². The molecule has 108 valence electrons. The zero-order valence-corrected chi connectivity index (χ0v) is 11.6. The molecule has 0 saturated carbocycles. The van der Waals surface area contributed by atoms with Crippen LogP contribution in [0.4, 0.5) is 5.82 Å². The van der Waals surface area contributed by atoms with Gasteiger partial charge in [-0.1, -0.05) is 0 Å². The molecule has 21 heavy (non-hydrogen) atoms. The van der Waals surface area contributed by atoms with Gasteiger partial charge in [0, 0.05) is 25.0 Å². The van der Waals surface area contributed by atoms with Crippen LogP contribution in [0.2, 0.25) is 0 Å². The Morgan fingerprint density at radius 2 is 2.19 bits per heavy atom. The van der Waals surface area contributed by atoms with E-state index in [0.717, 1.165) is 11.3 Å². The number of fused-ring (bicyclic) bond motifs is 1. The average molecular weight is 286 g/mol. The number of esters is 1. The molecule has 0 aromatic carbocycles. The first-order valence-electron chi connectivity index (χ1n) is 6.40. The molecule has 3 aromatic heterocycles. The highest BCUT2D eigenvalue weighted by atomic mass is 16.5. The van der Waals surface area contributed by atoms with Gasteiger partial charge in [0.15, 0.2) is 17.2 Å². The standard InChI is InChI=1S/C13H14N6O2/c1-3-21-13(20)9-7-19-10(8-4-16-18(2)6-8)5-15-11(14)12(19)17-9/h4-7H,3H2,1-2H3,(H2,14,15). The fourth-order valence-electron chi connectivity index (χ4n) is 2.07. The summed E-state index contributed by atoms with van der Waals surface area (Å²) in [5.74, 6) is -0.240. The van der Waals surface area contributed by atoms with Crippen molar-refractivity contribution >= 4 is 17.4 Å². The molecular weight excluding hydrogens is 272 g/mol. The number of aromatic nitrogens is 5. The summed E-state index contributed by atoms with van der Waals surface area (Å²) < 4.78 is 8.35. The van der Waals surface area contributed by atoms with Gasteiger partial charge in [0.1, 0.15) is 0 Å². The highest BCUT2D eigenvalue weighted by molar-refractivity contribution is 5.89. The molecule has 0 spiro atoms. The van der Waals surface area contributed by atoms with Crippen LogP contribution in [-0.2, 0) is 11.8 Å². The molecule has 0 amide bonds. The van der Waals surface area contributed by atoms with Crippen molar-refractivity contribution in [1.29, 1.82) is 0 Å². The summed E-state index contributed by atoms with van der Waals surface area (Å²) in [5, 5.41) is 4.13. The second-order valence-corrected chi connectivity index (χ2v) is 4.47. The predicted molar refractivity (Wildman–Crippen MR) is 75.6 cm³/mol. The Labute approximate surface area is 120 Å². The van der Waals surface area contributed by atoms with Crippen LogP contribution in [0.3, 0.4) is 0 Å². The summed E-state index contributed by atoms with van der Waals surface area (Å²) in [5.41, 5.74) is 8.04.